The first-order chi connectivity index (χ1) is 12.8. The lowest BCUT2D eigenvalue weighted by molar-refractivity contribution is -0.138. The number of rotatable bonds is 5. The van der Waals surface area contributed by atoms with Crippen LogP contribution in [0.5, 0.6) is 0 Å². The van der Waals surface area contributed by atoms with E-state index in [0.717, 1.165) is 12.1 Å². The molecule has 2 aromatic carbocycles. The number of carboxylic acid groups (broad SMARTS) is 1. The van der Waals surface area contributed by atoms with Gasteiger partial charge in [0.2, 0.25) is 0 Å². The van der Waals surface area contributed by atoms with E-state index in [0.29, 0.717) is 16.6 Å². The maximum Gasteiger partial charge on any atom is 0.416 e. The fourth-order valence-corrected chi connectivity index (χ4v) is 3.54. The molecule has 0 aliphatic rings. The van der Waals surface area contributed by atoms with Crippen molar-refractivity contribution in [2.24, 2.45) is 0 Å². The highest BCUT2D eigenvalue weighted by molar-refractivity contribution is 7.09. The predicted molar refractivity (Wildman–Crippen MR) is 93.0 cm³/mol. The molecule has 1 atom stereocenters. The van der Waals surface area contributed by atoms with Crippen LogP contribution in [0.4, 0.5) is 17.6 Å². The van der Waals surface area contributed by atoms with Crippen molar-refractivity contribution < 1.29 is 27.5 Å². The molecule has 3 nitrogen and oxygen atoms in total. The van der Waals surface area contributed by atoms with Crippen molar-refractivity contribution in [2.75, 3.05) is 0 Å². The van der Waals surface area contributed by atoms with Crippen LogP contribution in [-0.2, 0) is 11.0 Å². The molecule has 0 saturated heterocycles. The Morgan fingerprint density at radius 3 is 2.59 bits per heavy atom. The zero-order valence-electron chi connectivity index (χ0n) is 13.7. The summed E-state index contributed by atoms with van der Waals surface area (Å²) in [6, 6.07) is 8.43. The van der Waals surface area contributed by atoms with E-state index in [4.69, 9.17) is 0 Å². The molecule has 0 radical (unpaired) electrons. The van der Waals surface area contributed by atoms with E-state index in [2.05, 4.69) is 4.98 Å². The van der Waals surface area contributed by atoms with Gasteiger partial charge >= 0.3 is 12.1 Å². The molecule has 0 fully saturated rings. The van der Waals surface area contributed by atoms with Crippen molar-refractivity contribution in [1.82, 2.24) is 4.98 Å². The molecule has 3 aromatic rings. The molecule has 3 rings (SSSR count). The number of thiazole rings is 1. The van der Waals surface area contributed by atoms with E-state index in [1.165, 1.54) is 23.5 Å². The molecule has 1 unspecified atom stereocenters. The molecule has 1 N–H and O–H groups in total. The number of alkyl halides is 3. The lowest BCUT2D eigenvalue weighted by atomic mass is 9.92. The minimum absolute atomic E-state index is 0.195. The Balaban J connectivity index is 2.06. The largest absolute Gasteiger partial charge is 0.481 e. The fourth-order valence-electron chi connectivity index (χ4n) is 2.77. The quantitative estimate of drug-likeness (QED) is 0.574. The van der Waals surface area contributed by atoms with Crippen molar-refractivity contribution >= 4 is 17.3 Å². The highest BCUT2D eigenvalue weighted by Gasteiger charge is 2.31. The van der Waals surface area contributed by atoms with Crippen LogP contribution in [0.2, 0.25) is 0 Å². The summed E-state index contributed by atoms with van der Waals surface area (Å²) in [5, 5.41) is 11.5. The summed E-state index contributed by atoms with van der Waals surface area (Å²) in [7, 11) is 0. The average Bonchev–Trinajstić information content (AvgIpc) is 3.13. The van der Waals surface area contributed by atoms with Crippen molar-refractivity contribution in [3.63, 3.8) is 0 Å². The van der Waals surface area contributed by atoms with Crippen LogP contribution in [0, 0.1) is 5.82 Å². The molecule has 0 bridgehead atoms. The molecule has 140 valence electrons. The molecule has 8 heteroatoms. The molecule has 0 aliphatic carbocycles. The van der Waals surface area contributed by atoms with Crippen LogP contribution in [0.25, 0.3) is 11.1 Å². The molecule has 0 aliphatic heterocycles. The summed E-state index contributed by atoms with van der Waals surface area (Å²) in [6.45, 7) is 0. The maximum absolute atomic E-state index is 14.2. The van der Waals surface area contributed by atoms with Gasteiger partial charge in [0.25, 0.3) is 0 Å². The number of aromatic nitrogens is 1. The highest BCUT2D eigenvalue weighted by Crippen LogP contribution is 2.36. The number of carbonyl (C=O) groups is 1. The van der Waals surface area contributed by atoms with Crippen LogP contribution in [0.3, 0.4) is 0 Å². The second kappa shape index (κ2) is 7.48. The van der Waals surface area contributed by atoms with E-state index in [-0.39, 0.29) is 17.5 Å². The Morgan fingerprint density at radius 2 is 1.96 bits per heavy atom. The lowest BCUT2D eigenvalue weighted by Gasteiger charge is -2.15. The van der Waals surface area contributed by atoms with Gasteiger partial charge in [0.15, 0.2) is 0 Å². The van der Waals surface area contributed by atoms with Crippen LogP contribution in [0.15, 0.2) is 54.0 Å². The number of aliphatic carboxylic acids is 1. The van der Waals surface area contributed by atoms with E-state index in [1.807, 2.05) is 0 Å². The van der Waals surface area contributed by atoms with Crippen LogP contribution >= 0.6 is 11.3 Å². The fraction of sp³-hybridized carbons (Fsp3) is 0.158. The summed E-state index contributed by atoms with van der Waals surface area (Å²) < 4.78 is 53.1. The smallest absolute Gasteiger partial charge is 0.416 e. The molecule has 0 amide bonds. The van der Waals surface area contributed by atoms with Crippen molar-refractivity contribution in [2.45, 2.75) is 18.5 Å². The molecular formula is C19H13F4NO2S. The molecule has 1 heterocycles. The number of carboxylic acids is 1. The topological polar surface area (TPSA) is 50.2 Å². The second-order valence-corrected chi connectivity index (χ2v) is 6.76. The van der Waals surface area contributed by atoms with E-state index in [1.54, 1.807) is 23.7 Å². The van der Waals surface area contributed by atoms with Crippen molar-refractivity contribution in [1.29, 1.82) is 0 Å². The van der Waals surface area contributed by atoms with Gasteiger partial charge in [-0.1, -0.05) is 24.3 Å². The van der Waals surface area contributed by atoms with Crippen molar-refractivity contribution in [3.05, 3.63) is 76.0 Å². The van der Waals surface area contributed by atoms with Crippen molar-refractivity contribution in [3.8, 4) is 11.1 Å². The summed E-state index contributed by atoms with van der Waals surface area (Å²) >= 11 is 1.28. The second-order valence-electron chi connectivity index (χ2n) is 5.84. The maximum atomic E-state index is 14.2. The average molecular weight is 395 g/mol. The van der Waals surface area contributed by atoms with Crippen LogP contribution in [0.1, 0.15) is 28.5 Å². The van der Waals surface area contributed by atoms with Gasteiger partial charge in [-0.05, 0) is 29.3 Å². The minimum atomic E-state index is -4.59. The molecule has 0 saturated carbocycles. The molecular weight excluding hydrogens is 382 g/mol. The number of hydrogen-bond acceptors (Lipinski definition) is 3. The third-order valence-corrected chi connectivity index (χ3v) is 4.91. The molecule has 0 spiro atoms. The minimum Gasteiger partial charge on any atom is -0.481 e. The zero-order valence-corrected chi connectivity index (χ0v) is 14.5. The first-order valence-electron chi connectivity index (χ1n) is 7.84. The van der Waals surface area contributed by atoms with Gasteiger partial charge in [-0.3, -0.25) is 4.79 Å². The van der Waals surface area contributed by atoms with Gasteiger partial charge in [0.1, 0.15) is 10.8 Å². The zero-order chi connectivity index (χ0) is 19.6. The van der Waals surface area contributed by atoms with Gasteiger partial charge in [-0.25, -0.2) is 9.37 Å². The predicted octanol–water partition coefficient (Wildman–Crippen LogP) is 5.57. The summed E-state index contributed by atoms with van der Waals surface area (Å²) in [4.78, 5) is 15.4. The van der Waals surface area contributed by atoms with Gasteiger partial charge in [0, 0.05) is 23.1 Å². The third-order valence-electron chi connectivity index (χ3n) is 4.02. The number of benzene rings is 2. The standard InChI is InChI=1S/C19H13F4NO2S/c20-16-5-4-13(19(21,22)23)9-14(16)11-2-1-3-12(8-11)15(10-17(25)26)18-24-6-7-27-18/h1-9,15H,10H2,(H,25,26). The Bertz CT molecular complexity index is 955. The monoisotopic (exact) mass is 395 g/mol. The summed E-state index contributed by atoms with van der Waals surface area (Å²) in [5.74, 6) is -2.40. The van der Waals surface area contributed by atoms with Crippen LogP contribution in [-0.4, -0.2) is 16.1 Å². The molecule has 1 aromatic heterocycles. The number of halogens is 4. The summed E-state index contributed by atoms with van der Waals surface area (Å²) in [6.07, 6.45) is -3.28. The first kappa shape index (κ1) is 19.0. The Kier molecular flexibility index (Phi) is 5.27. The van der Waals surface area contributed by atoms with Gasteiger partial charge in [-0.15, -0.1) is 11.3 Å². The Labute approximate surface area is 155 Å². The highest BCUT2D eigenvalue weighted by atomic mass is 32.1. The van der Waals surface area contributed by atoms with Gasteiger partial charge in [0.05, 0.1) is 12.0 Å². The Morgan fingerprint density at radius 1 is 1.19 bits per heavy atom. The molecule has 27 heavy (non-hydrogen) atoms. The summed E-state index contributed by atoms with van der Waals surface area (Å²) in [5.41, 5.74) is -0.365. The van der Waals surface area contributed by atoms with E-state index in [9.17, 15) is 27.5 Å². The first-order valence-corrected chi connectivity index (χ1v) is 8.72. The SMILES string of the molecule is O=C(O)CC(c1cccc(-c2cc(C(F)(F)F)ccc2F)c1)c1nccs1. The normalized spacial score (nSPS) is 12.7. The number of hydrogen-bond donors (Lipinski definition) is 1. The Hall–Kier alpha value is -2.74. The van der Waals surface area contributed by atoms with Crippen LogP contribution < -0.4 is 0 Å². The van der Waals surface area contributed by atoms with E-state index >= 15 is 0 Å². The third kappa shape index (κ3) is 4.33. The lowest BCUT2D eigenvalue weighted by Crippen LogP contribution is -2.08. The number of nitrogens with zero attached hydrogens (tertiary/aromatic N) is 1. The van der Waals surface area contributed by atoms with E-state index < -0.39 is 29.4 Å². The van der Waals surface area contributed by atoms with Gasteiger partial charge in [-0.2, -0.15) is 13.2 Å². The van der Waals surface area contributed by atoms with Gasteiger partial charge < -0.3 is 5.11 Å².